The fourth-order valence-corrected chi connectivity index (χ4v) is 5.14. The lowest BCUT2D eigenvalue weighted by molar-refractivity contribution is 0.0858. The number of pyridine rings is 1. The zero-order valence-electron chi connectivity index (χ0n) is 19.2. The molecule has 1 aliphatic rings. The van der Waals surface area contributed by atoms with Crippen LogP contribution in [0.25, 0.3) is 11.2 Å². The number of amides is 1. The number of benzene rings is 2. The Labute approximate surface area is 203 Å². The summed E-state index contributed by atoms with van der Waals surface area (Å²) in [5.74, 6) is 0.778. The molecule has 1 aliphatic heterocycles. The number of carbonyl (C=O) groups excluding carboxylic acids is 1. The second kappa shape index (κ2) is 10.4. The summed E-state index contributed by atoms with van der Waals surface area (Å²) in [5.41, 5.74) is 6.04. The van der Waals surface area contributed by atoms with Gasteiger partial charge in [-0.2, -0.15) is 0 Å². The molecule has 1 fully saturated rings. The van der Waals surface area contributed by atoms with E-state index in [1.807, 2.05) is 36.4 Å². The highest BCUT2D eigenvalue weighted by Crippen LogP contribution is 2.27. The number of aromatic nitrogens is 3. The number of carbonyl (C=O) groups is 1. The van der Waals surface area contributed by atoms with Crippen molar-refractivity contribution in [2.75, 3.05) is 13.2 Å². The monoisotopic (exact) mass is 472 g/mol. The minimum Gasteiger partial charge on any atom is -0.376 e. The Kier molecular flexibility index (Phi) is 6.92. The predicted octanol–water partition coefficient (Wildman–Crippen LogP) is 4.99. The molecule has 0 radical (unpaired) electrons. The molecule has 0 spiro atoms. The zero-order chi connectivity index (χ0) is 23.3. The van der Waals surface area contributed by atoms with Crippen molar-refractivity contribution in [3.63, 3.8) is 0 Å². The highest BCUT2D eigenvalue weighted by molar-refractivity contribution is 7.98. The number of imidazole rings is 1. The van der Waals surface area contributed by atoms with Gasteiger partial charge in [0, 0.05) is 30.7 Å². The molecule has 1 amide bonds. The molecule has 4 aromatic rings. The number of nitrogens with zero attached hydrogens (tertiary/aromatic N) is 3. The van der Waals surface area contributed by atoms with Crippen LogP contribution in [0.1, 0.15) is 39.9 Å². The van der Waals surface area contributed by atoms with Crippen LogP contribution in [0.15, 0.2) is 72.0 Å². The second-order valence-electron chi connectivity index (χ2n) is 8.65. The number of hydrogen-bond acceptors (Lipinski definition) is 5. The zero-order valence-corrected chi connectivity index (χ0v) is 20.1. The van der Waals surface area contributed by atoms with E-state index in [2.05, 4.69) is 46.1 Å². The van der Waals surface area contributed by atoms with Crippen molar-refractivity contribution >= 4 is 28.8 Å². The number of ether oxygens (including phenoxy) is 1. The lowest BCUT2D eigenvalue weighted by Crippen LogP contribution is -2.31. The third-order valence-electron chi connectivity index (χ3n) is 5.99. The van der Waals surface area contributed by atoms with Crippen LogP contribution in [-0.2, 0) is 17.0 Å². The Morgan fingerprint density at radius 2 is 2.03 bits per heavy atom. The Morgan fingerprint density at radius 3 is 2.82 bits per heavy atom. The minimum absolute atomic E-state index is 0.0637. The summed E-state index contributed by atoms with van der Waals surface area (Å²) >= 11 is 1.72. The van der Waals surface area contributed by atoms with E-state index < -0.39 is 0 Å². The van der Waals surface area contributed by atoms with E-state index >= 15 is 0 Å². The van der Waals surface area contributed by atoms with E-state index in [4.69, 9.17) is 9.72 Å². The van der Waals surface area contributed by atoms with Crippen molar-refractivity contribution in [3.05, 3.63) is 89.1 Å². The van der Waals surface area contributed by atoms with Gasteiger partial charge in [0.1, 0.15) is 5.52 Å². The predicted molar refractivity (Wildman–Crippen MR) is 135 cm³/mol. The van der Waals surface area contributed by atoms with Crippen LogP contribution in [0.2, 0.25) is 0 Å². The topological polar surface area (TPSA) is 69.0 Å². The van der Waals surface area contributed by atoms with Crippen LogP contribution in [0.5, 0.6) is 0 Å². The van der Waals surface area contributed by atoms with Gasteiger partial charge >= 0.3 is 0 Å². The van der Waals surface area contributed by atoms with Crippen LogP contribution in [0.3, 0.4) is 0 Å². The molecule has 0 aliphatic carbocycles. The van der Waals surface area contributed by atoms with Crippen LogP contribution < -0.4 is 5.32 Å². The molecule has 0 unspecified atom stereocenters. The van der Waals surface area contributed by atoms with Gasteiger partial charge in [-0.1, -0.05) is 53.7 Å². The van der Waals surface area contributed by atoms with Crippen molar-refractivity contribution in [3.8, 4) is 0 Å². The fraction of sp³-hybridized carbons (Fsp3) is 0.296. The second-order valence-corrected chi connectivity index (χ2v) is 9.59. The van der Waals surface area contributed by atoms with Crippen molar-refractivity contribution in [1.29, 1.82) is 0 Å². The van der Waals surface area contributed by atoms with E-state index in [0.29, 0.717) is 18.7 Å². The van der Waals surface area contributed by atoms with Gasteiger partial charge in [-0.15, -0.1) is 0 Å². The summed E-state index contributed by atoms with van der Waals surface area (Å²) in [4.78, 5) is 21.9. The summed E-state index contributed by atoms with van der Waals surface area (Å²) in [7, 11) is 0. The summed E-state index contributed by atoms with van der Waals surface area (Å²) in [6.45, 7) is 4.11. The summed E-state index contributed by atoms with van der Waals surface area (Å²) in [5, 5.41) is 3.92. The van der Waals surface area contributed by atoms with Gasteiger partial charge in [-0.3, -0.25) is 9.36 Å². The van der Waals surface area contributed by atoms with Gasteiger partial charge in [-0.05, 0) is 55.2 Å². The average molecular weight is 473 g/mol. The van der Waals surface area contributed by atoms with Gasteiger partial charge in [0.05, 0.1) is 12.6 Å². The van der Waals surface area contributed by atoms with E-state index in [9.17, 15) is 4.79 Å². The molecule has 0 bridgehead atoms. The summed E-state index contributed by atoms with van der Waals surface area (Å²) in [6.07, 6.45) is 4.02. The van der Waals surface area contributed by atoms with Gasteiger partial charge in [-0.25, -0.2) is 9.97 Å². The number of rotatable bonds is 8. The van der Waals surface area contributed by atoms with Gasteiger partial charge in [0.2, 0.25) is 0 Å². The van der Waals surface area contributed by atoms with E-state index in [1.54, 1.807) is 18.0 Å². The highest BCUT2D eigenvalue weighted by Gasteiger charge is 2.17. The summed E-state index contributed by atoms with van der Waals surface area (Å²) < 4.78 is 7.74. The quantitative estimate of drug-likeness (QED) is 0.366. The van der Waals surface area contributed by atoms with Gasteiger partial charge in [0.15, 0.2) is 10.8 Å². The number of thioether (sulfide) groups is 1. The number of nitrogens with one attached hydrogen (secondary N) is 1. The summed E-state index contributed by atoms with van der Waals surface area (Å²) in [6, 6.07) is 20.2. The molecule has 7 heteroatoms. The molecular formula is C27H28N4O2S. The first kappa shape index (κ1) is 22.6. The number of hydrogen-bond donors (Lipinski definition) is 1. The molecule has 174 valence electrons. The molecule has 2 aromatic carbocycles. The largest absolute Gasteiger partial charge is 0.376 e. The molecular weight excluding hydrogens is 444 g/mol. The Balaban J connectivity index is 1.30. The van der Waals surface area contributed by atoms with Crippen LogP contribution in [0.4, 0.5) is 0 Å². The molecule has 0 saturated carbocycles. The van der Waals surface area contributed by atoms with Crippen LogP contribution in [-0.4, -0.2) is 39.7 Å². The Hall–Kier alpha value is -3.16. The first-order valence-corrected chi connectivity index (χ1v) is 12.6. The van der Waals surface area contributed by atoms with Crippen molar-refractivity contribution < 1.29 is 9.53 Å². The van der Waals surface area contributed by atoms with Crippen molar-refractivity contribution in [2.24, 2.45) is 0 Å². The normalized spacial score (nSPS) is 15.6. The Morgan fingerprint density at radius 1 is 1.15 bits per heavy atom. The molecule has 3 heterocycles. The van der Waals surface area contributed by atoms with Crippen LogP contribution in [0, 0.1) is 6.92 Å². The minimum atomic E-state index is -0.0637. The maximum absolute atomic E-state index is 12.5. The standard InChI is InChI=1S/C27H28N4O2S/c1-19-5-2-6-21(15-19)18-34-27-30-24-8-3-13-28-25(24)31(27)17-20-9-11-22(12-10-20)26(32)29-16-23-7-4-14-33-23/h2-3,5-6,8-13,15,23H,4,7,14,16-18H2,1H3,(H,29,32)/t23-/m0/s1. The molecule has 5 rings (SSSR count). The smallest absolute Gasteiger partial charge is 0.251 e. The SMILES string of the molecule is Cc1cccc(CSc2nc3cccnc3n2Cc2ccc(C(=O)NC[C@@H]3CCCO3)cc2)c1. The van der Waals surface area contributed by atoms with Gasteiger partial charge in [0.25, 0.3) is 5.91 Å². The molecule has 34 heavy (non-hydrogen) atoms. The van der Waals surface area contributed by atoms with Crippen molar-refractivity contribution in [1.82, 2.24) is 19.9 Å². The van der Waals surface area contributed by atoms with E-state index in [1.165, 1.54) is 11.1 Å². The third kappa shape index (κ3) is 5.32. The number of aryl methyl sites for hydroxylation is 1. The van der Waals surface area contributed by atoms with Gasteiger partial charge < -0.3 is 10.1 Å². The molecule has 1 N–H and O–H groups in total. The van der Waals surface area contributed by atoms with Crippen LogP contribution >= 0.6 is 11.8 Å². The highest BCUT2D eigenvalue weighted by atomic mass is 32.2. The first-order valence-electron chi connectivity index (χ1n) is 11.6. The lowest BCUT2D eigenvalue weighted by atomic mass is 10.1. The van der Waals surface area contributed by atoms with E-state index in [-0.39, 0.29) is 12.0 Å². The maximum atomic E-state index is 12.5. The molecule has 2 aromatic heterocycles. The Bertz CT molecular complexity index is 1280. The number of fused-ring (bicyclic) bond motifs is 1. The fourth-order valence-electron chi connectivity index (χ4n) is 4.20. The first-order chi connectivity index (χ1) is 16.7. The van der Waals surface area contributed by atoms with Crippen molar-refractivity contribution in [2.45, 2.75) is 43.3 Å². The third-order valence-corrected chi connectivity index (χ3v) is 7.04. The molecule has 6 nitrogen and oxygen atoms in total. The lowest BCUT2D eigenvalue weighted by Gasteiger charge is -2.12. The molecule has 1 saturated heterocycles. The van der Waals surface area contributed by atoms with E-state index in [0.717, 1.165) is 47.1 Å². The maximum Gasteiger partial charge on any atom is 0.251 e. The average Bonchev–Trinajstić information content (AvgIpc) is 3.50. The molecule has 1 atom stereocenters.